The number of imidazole rings is 1. The van der Waals surface area contributed by atoms with E-state index in [9.17, 15) is 18.0 Å². The fourth-order valence-corrected chi connectivity index (χ4v) is 6.45. The maximum absolute atomic E-state index is 14.4. The molecule has 44 heavy (non-hydrogen) atoms. The summed E-state index contributed by atoms with van der Waals surface area (Å²) in [7, 11) is 1.47. The van der Waals surface area contributed by atoms with Crippen LogP contribution in [-0.2, 0) is 32.6 Å². The average molecular weight is 601 g/mol. The molecule has 7 rings (SSSR count). The normalized spacial score (nSPS) is 15.4. The Morgan fingerprint density at radius 3 is 2.52 bits per heavy atom. The van der Waals surface area contributed by atoms with Crippen LogP contribution < -0.4 is 9.80 Å². The van der Waals surface area contributed by atoms with E-state index in [0.29, 0.717) is 41.8 Å². The fraction of sp³-hybridized carbons (Fsp3) is 0.344. The fourth-order valence-electron chi connectivity index (χ4n) is 6.45. The monoisotopic (exact) mass is 600 g/mol. The molecule has 1 fully saturated rings. The summed E-state index contributed by atoms with van der Waals surface area (Å²) in [6, 6.07) is 7.40. The minimum Gasteiger partial charge on any atom is -0.355 e. The second-order valence-corrected chi connectivity index (χ2v) is 11.4. The maximum Gasteiger partial charge on any atom is 0.435 e. The summed E-state index contributed by atoms with van der Waals surface area (Å²) in [5.74, 6) is 0.576. The minimum absolute atomic E-state index is 0.0340. The van der Waals surface area contributed by atoms with Crippen LogP contribution in [0.4, 0.5) is 24.7 Å². The Labute approximate surface area is 252 Å². The summed E-state index contributed by atoms with van der Waals surface area (Å²) in [5.41, 5.74) is 3.43. The first kappa shape index (κ1) is 28.1. The van der Waals surface area contributed by atoms with Crippen LogP contribution in [0.1, 0.15) is 52.6 Å². The lowest BCUT2D eigenvalue weighted by Gasteiger charge is -2.31. The van der Waals surface area contributed by atoms with Gasteiger partial charge in [0.1, 0.15) is 5.52 Å². The highest BCUT2D eigenvalue weighted by Crippen LogP contribution is 2.41. The molecule has 9 nitrogen and oxygen atoms in total. The number of carbonyl (C=O) groups is 1. The van der Waals surface area contributed by atoms with Gasteiger partial charge in [0.15, 0.2) is 11.5 Å². The molecule has 5 aromatic rings. The van der Waals surface area contributed by atoms with Gasteiger partial charge in [-0.3, -0.25) is 14.5 Å². The lowest BCUT2D eigenvalue weighted by molar-refractivity contribution is -0.140. The van der Waals surface area contributed by atoms with Gasteiger partial charge in [-0.25, -0.2) is 9.97 Å². The van der Waals surface area contributed by atoms with Crippen molar-refractivity contribution in [2.75, 3.05) is 29.4 Å². The van der Waals surface area contributed by atoms with Gasteiger partial charge in [0.05, 0.1) is 12.0 Å². The standard InChI is InChI=1S/C32H31F3N8O/c1-3-21-16-25-27(6-8-37-28(25)30(38-21)42-10-4-5-11-42)43-12-7-22-23(26-18-40(2)39-29(26)32(33,34)35)14-20(15-24(22)31(43)44)17-41-13-9-36-19-41/h6,8-9,13-16,18-19H,3-5,7,10-12,17H2,1-2H3. The van der Waals surface area contributed by atoms with E-state index in [1.165, 1.54) is 17.9 Å². The van der Waals surface area contributed by atoms with E-state index in [-0.39, 0.29) is 11.5 Å². The van der Waals surface area contributed by atoms with E-state index in [1.54, 1.807) is 42.0 Å². The zero-order valence-electron chi connectivity index (χ0n) is 24.5. The first-order valence-electron chi connectivity index (χ1n) is 14.8. The number of rotatable bonds is 6. The van der Waals surface area contributed by atoms with E-state index in [0.717, 1.165) is 60.5 Å². The van der Waals surface area contributed by atoms with Gasteiger partial charge in [-0.05, 0) is 66.6 Å². The molecule has 1 amide bonds. The minimum atomic E-state index is -4.65. The molecule has 0 spiro atoms. The molecular weight excluding hydrogens is 569 g/mol. The highest BCUT2D eigenvalue weighted by atomic mass is 19.4. The summed E-state index contributed by atoms with van der Waals surface area (Å²) in [6.45, 7) is 4.53. The van der Waals surface area contributed by atoms with Crippen molar-refractivity contribution in [1.29, 1.82) is 0 Å². The van der Waals surface area contributed by atoms with Crippen LogP contribution in [-0.4, -0.2) is 54.8 Å². The summed E-state index contributed by atoms with van der Waals surface area (Å²) >= 11 is 0. The third kappa shape index (κ3) is 4.87. The number of nitrogens with zero attached hydrogens (tertiary/aromatic N) is 8. The molecule has 1 aromatic carbocycles. The third-order valence-electron chi connectivity index (χ3n) is 8.48. The van der Waals surface area contributed by atoms with Crippen molar-refractivity contribution in [1.82, 2.24) is 29.3 Å². The molecule has 0 atom stereocenters. The highest BCUT2D eigenvalue weighted by Gasteiger charge is 2.39. The van der Waals surface area contributed by atoms with Crippen molar-refractivity contribution >= 4 is 28.3 Å². The van der Waals surface area contributed by atoms with Crippen molar-refractivity contribution in [2.24, 2.45) is 7.05 Å². The van der Waals surface area contributed by atoms with Crippen LogP contribution in [0, 0.1) is 0 Å². The number of aryl methyl sites for hydroxylation is 2. The maximum atomic E-state index is 14.4. The summed E-state index contributed by atoms with van der Waals surface area (Å²) in [4.78, 5) is 32.1. The van der Waals surface area contributed by atoms with Gasteiger partial charge in [0.2, 0.25) is 0 Å². The van der Waals surface area contributed by atoms with Gasteiger partial charge in [-0.2, -0.15) is 18.3 Å². The van der Waals surface area contributed by atoms with Crippen molar-refractivity contribution < 1.29 is 18.0 Å². The average Bonchev–Trinajstić information content (AvgIpc) is 3.79. The lowest BCUT2D eigenvalue weighted by atomic mass is 9.88. The zero-order chi connectivity index (χ0) is 30.6. The molecule has 0 bridgehead atoms. The quantitative estimate of drug-likeness (QED) is 0.250. The number of carbonyl (C=O) groups excluding carboxylic acids is 1. The predicted molar refractivity (Wildman–Crippen MR) is 161 cm³/mol. The van der Waals surface area contributed by atoms with Crippen LogP contribution >= 0.6 is 0 Å². The van der Waals surface area contributed by atoms with E-state index in [1.807, 2.05) is 16.7 Å². The van der Waals surface area contributed by atoms with Crippen LogP contribution in [0.5, 0.6) is 0 Å². The molecule has 4 aromatic heterocycles. The third-order valence-corrected chi connectivity index (χ3v) is 8.48. The van der Waals surface area contributed by atoms with E-state index >= 15 is 0 Å². The van der Waals surface area contributed by atoms with Gasteiger partial charge < -0.3 is 14.4 Å². The van der Waals surface area contributed by atoms with Crippen molar-refractivity contribution in [3.63, 3.8) is 0 Å². The Balaban J connectivity index is 1.38. The molecule has 0 N–H and O–H groups in total. The molecule has 1 saturated heterocycles. The van der Waals surface area contributed by atoms with Crippen LogP contribution in [0.3, 0.4) is 0 Å². The highest BCUT2D eigenvalue weighted by molar-refractivity contribution is 6.13. The summed E-state index contributed by atoms with van der Waals surface area (Å²) in [5, 5.41) is 4.60. The zero-order valence-corrected chi connectivity index (χ0v) is 24.5. The number of anilines is 2. The molecule has 0 unspecified atom stereocenters. The Morgan fingerprint density at radius 1 is 1.00 bits per heavy atom. The topological polar surface area (TPSA) is 85.0 Å². The molecule has 0 radical (unpaired) electrons. The number of alkyl halides is 3. The predicted octanol–water partition coefficient (Wildman–Crippen LogP) is 5.66. The molecule has 6 heterocycles. The van der Waals surface area contributed by atoms with Gasteiger partial charge in [0, 0.05) is 80.2 Å². The summed E-state index contributed by atoms with van der Waals surface area (Å²) < 4.78 is 45.4. The number of aromatic nitrogens is 6. The molecule has 226 valence electrons. The van der Waals surface area contributed by atoms with Crippen molar-refractivity contribution in [3.8, 4) is 11.1 Å². The Bertz CT molecular complexity index is 1870. The Morgan fingerprint density at radius 2 is 1.80 bits per heavy atom. The van der Waals surface area contributed by atoms with Gasteiger partial charge >= 0.3 is 6.18 Å². The number of pyridine rings is 2. The van der Waals surface area contributed by atoms with Crippen molar-refractivity contribution in [2.45, 2.75) is 45.3 Å². The smallest absolute Gasteiger partial charge is 0.355 e. The summed E-state index contributed by atoms with van der Waals surface area (Å²) in [6.07, 6.45) is 6.79. The number of fused-ring (bicyclic) bond motifs is 2. The van der Waals surface area contributed by atoms with Gasteiger partial charge in [-0.1, -0.05) is 6.92 Å². The van der Waals surface area contributed by atoms with Gasteiger partial charge in [0.25, 0.3) is 5.91 Å². The first-order chi connectivity index (χ1) is 21.2. The van der Waals surface area contributed by atoms with E-state index < -0.39 is 11.9 Å². The molecule has 12 heteroatoms. The molecule has 0 saturated carbocycles. The molecule has 0 aliphatic carbocycles. The SMILES string of the molecule is CCc1cc2c(N3CCc4c(cc(Cn5ccnc5)cc4-c4cn(C)nc4C(F)(F)F)C3=O)ccnc2c(N2CCCC2)n1. The largest absolute Gasteiger partial charge is 0.435 e. The Hall–Kier alpha value is -4.74. The number of halogens is 3. The van der Waals surface area contributed by atoms with Gasteiger partial charge in [-0.15, -0.1) is 0 Å². The number of hydrogen-bond acceptors (Lipinski definition) is 6. The molecular formula is C32H31F3N8O. The number of amides is 1. The second-order valence-electron chi connectivity index (χ2n) is 11.4. The molecule has 2 aliphatic rings. The second kappa shape index (κ2) is 10.8. The lowest BCUT2D eigenvalue weighted by Crippen LogP contribution is -2.38. The van der Waals surface area contributed by atoms with E-state index in [2.05, 4.69) is 21.9 Å². The van der Waals surface area contributed by atoms with Crippen LogP contribution in [0.25, 0.3) is 22.0 Å². The Kier molecular flexibility index (Phi) is 6.86. The first-order valence-corrected chi connectivity index (χ1v) is 14.8. The van der Waals surface area contributed by atoms with Crippen LogP contribution in [0.15, 0.2) is 55.4 Å². The van der Waals surface area contributed by atoms with Crippen LogP contribution in [0.2, 0.25) is 0 Å². The molecule has 2 aliphatic heterocycles. The van der Waals surface area contributed by atoms with E-state index in [4.69, 9.17) is 9.97 Å². The van der Waals surface area contributed by atoms with Crippen molar-refractivity contribution in [3.05, 3.63) is 83.5 Å². The number of hydrogen-bond donors (Lipinski definition) is 0. The number of benzene rings is 1.